The van der Waals surface area contributed by atoms with Crippen molar-refractivity contribution in [3.8, 4) is 11.5 Å². The lowest BCUT2D eigenvalue weighted by Crippen LogP contribution is -2.16. The van der Waals surface area contributed by atoms with Gasteiger partial charge in [-0.05, 0) is 25.0 Å². The first-order valence-corrected chi connectivity index (χ1v) is 4.54. The van der Waals surface area contributed by atoms with Crippen LogP contribution in [0.15, 0.2) is 12.1 Å². The van der Waals surface area contributed by atoms with Gasteiger partial charge < -0.3 is 19.7 Å². The minimum Gasteiger partial charge on any atom is -0.449 e. The van der Waals surface area contributed by atoms with E-state index in [0.29, 0.717) is 24.0 Å². The summed E-state index contributed by atoms with van der Waals surface area (Å²) >= 11 is 0. The standard InChI is InChI=1S/C10H8O6/c11-9(12)15-7-3-4-8(16-10(13)14)6-2-1-5(6)7/h3-4H,1-2H2,(H,11,12)(H,13,14). The zero-order chi connectivity index (χ0) is 11.7. The summed E-state index contributed by atoms with van der Waals surface area (Å²) in [5.41, 5.74) is 1.39. The van der Waals surface area contributed by atoms with E-state index in [-0.39, 0.29) is 11.5 Å². The summed E-state index contributed by atoms with van der Waals surface area (Å²) in [5, 5.41) is 16.9. The van der Waals surface area contributed by atoms with Crippen LogP contribution < -0.4 is 9.47 Å². The van der Waals surface area contributed by atoms with Crippen molar-refractivity contribution in [1.29, 1.82) is 0 Å². The fourth-order valence-corrected chi connectivity index (χ4v) is 1.65. The molecule has 84 valence electrons. The molecule has 0 unspecified atom stereocenters. The number of rotatable bonds is 2. The van der Waals surface area contributed by atoms with Gasteiger partial charge >= 0.3 is 12.3 Å². The first-order chi connectivity index (χ1) is 7.58. The molecule has 16 heavy (non-hydrogen) atoms. The molecule has 0 fully saturated rings. The summed E-state index contributed by atoms with van der Waals surface area (Å²) < 4.78 is 9.10. The highest BCUT2D eigenvalue weighted by atomic mass is 16.7. The zero-order valence-electron chi connectivity index (χ0n) is 8.10. The Kier molecular flexibility index (Phi) is 2.40. The molecule has 0 saturated carbocycles. The third-order valence-electron chi connectivity index (χ3n) is 2.36. The van der Waals surface area contributed by atoms with E-state index < -0.39 is 12.3 Å². The Labute approximate surface area is 90.0 Å². The highest BCUT2D eigenvalue weighted by molar-refractivity contribution is 5.67. The Morgan fingerprint density at radius 3 is 1.56 bits per heavy atom. The Morgan fingerprint density at radius 2 is 1.31 bits per heavy atom. The van der Waals surface area contributed by atoms with E-state index in [1.165, 1.54) is 12.1 Å². The number of hydrogen-bond donors (Lipinski definition) is 2. The first kappa shape index (κ1) is 10.3. The summed E-state index contributed by atoms with van der Waals surface area (Å²) in [5.74, 6) is 0.484. The third kappa shape index (κ3) is 1.77. The summed E-state index contributed by atoms with van der Waals surface area (Å²) in [6.07, 6.45) is -1.45. The average molecular weight is 224 g/mol. The monoisotopic (exact) mass is 224 g/mol. The minimum absolute atomic E-state index is 0.242. The van der Waals surface area contributed by atoms with E-state index in [1.807, 2.05) is 0 Å². The second kappa shape index (κ2) is 3.73. The Bertz CT molecular complexity index is 422. The van der Waals surface area contributed by atoms with Crippen molar-refractivity contribution in [2.75, 3.05) is 0 Å². The fourth-order valence-electron chi connectivity index (χ4n) is 1.65. The van der Waals surface area contributed by atoms with Gasteiger partial charge in [-0.1, -0.05) is 0 Å². The van der Waals surface area contributed by atoms with E-state index in [0.717, 1.165) is 0 Å². The smallest absolute Gasteiger partial charge is 0.449 e. The molecule has 1 aliphatic rings. The normalized spacial score (nSPS) is 12.2. The van der Waals surface area contributed by atoms with Gasteiger partial charge in [0.1, 0.15) is 11.5 Å². The Hall–Kier alpha value is -2.24. The number of carbonyl (C=O) groups is 2. The molecule has 0 amide bonds. The molecule has 6 heteroatoms. The van der Waals surface area contributed by atoms with Gasteiger partial charge in [-0.25, -0.2) is 9.59 Å². The van der Waals surface area contributed by atoms with Crippen molar-refractivity contribution in [2.45, 2.75) is 12.8 Å². The number of ether oxygens (including phenoxy) is 2. The molecule has 0 saturated heterocycles. The number of fused-ring (bicyclic) bond motifs is 1. The van der Waals surface area contributed by atoms with Gasteiger partial charge in [-0.3, -0.25) is 0 Å². The lowest BCUT2D eigenvalue weighted by Gasteiger charge is -2.23. The van der Waals surface area contributed by atoms with E-state index in [4.69, 9.17) is 10.2 Å². The molecular formula is C10H8O6. The second-order valence-electron chi connectivity index (χ2n) is 3.25. The van der Waals surface area contributed by atoms with Crippen LogP contribution in [0.1, 0.15) is 11.1 Å². The molecule has 1 aromatic carbocycles. The van der Waals surface area contributed by atoms with Gasteiger partial charge in [-0.2, -0.15) is 0 Å². The molecule has 6 nitrogen and oxygen atoms in total. The average Bonchev–Trinajstić information content (AvgIpc) is 2.07. The zero-order valence-corrected chi connectivity index (χ0v) is 8.10. The van der Waals surface area contributed by atoms with Gasteiger partial charge in [-0.15, -0.1) is 0 Å². The van der Waals surface area contributed by atoms with Crippen LogP contribution in [-0.2, 0) is 12.8 Å². The largest absolute Gasteiger partial charge is 0.511 e. The molecule has 2 N–H and O–H groups in total. The SMILES string of the molecule is O=C(O)Oc1ccc(OC(=O)O)c2c1CC2. The van der Waals surface area contributed by atoms with Crippen LogP contribution in [0.3, 0.4) is 0 Å². The summed E-state index contributed by atoms with van der Waals surface area (Å²) in [7, 11) is 0. The molecular weight excluding hydrogens is 216 g/mol. The molecule has 0 aromatic heterocycles. The van der Waals surface area contributed by atoms with Crippen molar-refractivity contribution in [3.63, 3.8) is 0 Å². The van der Waals surface area contributed by atoms with E-state index in [1.54, 1.807) is 0 Å². The molecule has 0 radical (unpaired) electrons. The summed E-state index contributed by atoms with van der Waals surface area (Å²) in [6.45, 7) is 0. The van der Waals surface area contributed by atoms with Crippen LogP contribution in [0.4, 0.5) is 9.59 Å². The molecule has 0 spiro atoms. The molecule has 0 aliphatic heterocycles. The highest BCUT2D eigenvalue weighted by Gasteiger charge is 2.25. The van der Waals surface area contributed by atoms with Crippen LogP contribution >= 0.6 is 0 Å². The minimum atomic E-state index is -1.39. The van der Waals surface area contributed by atoms with Gasteiger partial charge in [0.2, 0.25) is 0 Å². The van der Waals surface area contributed by atoms with Gasteiger partial charge in [0.05, 0.1) is 0 Å². The van der Waals surface area contributed by atoms with Crippen LogP contribution in [0.2, 0.25) is 0 Å². The van der Waals surface area contributed by atoms with Crippen molar-refractivity contribution in [2.24, 2.45) is 0 Å². The molecule has 2 rings (SSSR count). The third-order valence-corrected chi connectivity index (χ3v) is 2.36. The second-order valence-corrected chi connectivity index (χ2v) is 3.25. The number of hydrogen-bond acceptors (Lipinski definition) is 4. The van der Waals surface area contributed by atoms with Crippen molar-refractivity contribution < 1.29 is 29.3 Å². The predicted molar refractivity (Wildman–Crippen MR) is 51.2 cm³/mol. The lowest BCUT2D eigenvalue weighted by atomic mass is 9.87. The highest BCUT2D eigenvalue weighted by Crippen LogP contribution is 2.38. The summed E-state index contributed by atoms with van der Waals surface area (Å²) in [6, 6.07) is 2.79. The van der Waals surface area contributed by atoms with Crippen LogP contribution in [0.25, 0.3) is 0 Å². The number of carboxylic acid groups (broad SMARTS) is 2. The molecule has 0 bridgehead atoms. The van der Waals surface area contributed by atoms with Crippen molar-refractivity contribution in [3.05, 3.63) is 23.3 Å². The number of benzene rings is 1. The van der Waals surface area contributed by atoms with Crippen LogP contribution in [0.5, 0.6) is 11.5 Å². The van der Waals surface area contributed by atoms with Gasteiger partial charge in [0, 0.05) is 11.1 Å². The van der Waals surface area contributed by atoms with Crippen LogP contribution in [-0.4, -0.2) is 22.5 Å². The van der Waals surface area contributed by atoms with Gasteiger partial charge in [0.15, 0.2) is 0 Å². The molecule has 1 aromatic rings. The molecule has 1 aliphatic carbocycles. The van der Waals surface area contributed by atoms with E-state index >= 15 is 0 Å². The summed E-state index contributed by atoms with van der Waals surface area (Å²) in [4.78, 5) is 20.7. The quantitative estimate of drug-likeness (QED) is 0.588. The lowest BCUT2D eigenvalue weighted by molar-refractivity contribution is 0.140. The first-order valence-electron chi connectivity index (χ1n) is 4.54. The maximum atomic E-state index is 10.4. The Balaban J connectivity index is 2.30. The van der Waals surface area contributed by atoms with Crippen molar-refractivity contribution >= 4 is 12.3 Å². The topological polar surface area (TPSA) is 93.1 Å². The van der Waals surface area contributed by atoms with Crippen molar-refractivity contribution in [1.82, 2.24) is 0 Å². The van der Waals surface area contributed by atoms with E-state index in [2.05, 4.69) is 9.47 Å². The Morgan fingerprint density at radius 1 is 0.938 bits per heavy atom. The van der Waals surface area contributed by atoms with E-state index in [9.17, 15) is 9.59 Å². The molecule has 0 heterocycles. The van der Waals surface area contributed by atoms with Gasteiger partial charge in [0.25, 0.3) is 0 Å². The molecule has 0 atom stereocenters. The maximum absolute atomic E-state index is 10.4. The fraction of sp³-hybridized carbons (Fsp3) is 0.200. The van der Waals surface area contributed by atoms with Crippen LogP contribution in [0, 0.1) is 0 Å². The maximum Gasteiger partial charge on any atom is 0.511 e. The predicted octanol–water partition coefficient (Wildman–Crippen LogP) is 1.90.